The Bertz CT molecular complexity index is 824. The van der Waals surface area contributed by atoms with E-state index in [-0.39, 0.29) is 6.09 Å². The van der Waals surface area contributed by atoms with E-state index in [9.17, 15) is 9.90 Å². The smallest absolute Gasteiger partial charge is 0.409 e. The predicted molar refractivity (Wildman–Crippen MR) is 102 cm³/mol. The van der Waals surface area contributed by atoms with Crippen LogP contribution in [-0.2, 0) is 24.9 Å². The monoisotopic (exact) mass is 388 g/mol. The molecule has 1 fully saturated rings. The SMILES string of the molecule is CCOC(=O)N1CCC(N2CCn3nc(C(O)c4nccn4C)cc3C2)CC1. The number of hydrogen-bond donors (Lipinski definition) is 1. The van der Waals surface area contributed by atoms with Gasteiger partial charge in [0, 0.05) is 51.7 Å². The lowest BCUT2D eigenvalue weighted by molar-refractivity contribution is 0.0647. The summed E-state index contributed by atoms with van der Waals surface area (Å²) in [5.41, 5.74) is 1.76. The van der Waals surface area contributed by atoms with Crippen LogP contribution < -0.4 is 0 Å². The van der Waals surface area contributed by atoms with Crippen molar-refractivity contribution in [2.75, 3.05) is 26.2 Å². The number of piperidine rings is 1. The number of likely N-dealkylation sites (tertiary alicyclic amines) is 1. The Labute approximate surface area is 164 Å². The molecular weight excluding hydrogens is 360 g/mol. The fraction of sp³-hybridized carbons (Fsp3) is 0.632. The fourth-order valence-corrected chi connectivity index (χ4v) is 4.16. The van der Waals surface area contributed by atoms with Gasteiger partial charge in [-0.2, -0.15) is 5.10 Å². The van der Waals surface area contributed by atoms with Crippen molar-refractivity contribution in [2.45, 2.75) is 45.0 Å². The van der Waals surface area contributed by atoms with Gasteiger partial charge in [-0.3, -0.25) is 9.58 Å². The maximum atomic E-state index is 11.9. The molecule has 4 rings (SSSR count). The zero-order chi connectivity index (χ0) is 19.7. The van der Waals surface area contributed by atoms with Crippen molar-refractivity contribution >= 4 is 6.09 Å². The second kappa shape index (κ2) is 7.92. The van der Waals surface area contributed by atoms with E-state index in [1.807, 2.05) is 35.5 Å². The third-order valence-corrected chi connectivity index (χ3v) is 5.74. The topological polar surface area (TPSA) is 88.7 Å². The molecule has 28 heavy (non-hydrogen) atoms. The summed E-state index contributed by atoms with van der Waals surface area (Å²) in [4.78, 5) is 20.4. The highest BCUT2D eigenvalue weighted by atomic mass is 16.6. The standard InChI is InChI=1S/C19H28N6O3/c1-3-28-19(27)23-7-4-14(5-8-23)24-10-11-25-15(13-24)12-16(21-25)17(26)18-20-6-9-22(18)2/h6,9,12,14,17,26H,3-5,7-8,10-11,13H2,1-2H3. The molecular formula is C19H28N6O3. The first-order chi connectivity index (χ1) is 13.6. The summed E-state index contributed by atoms with van der Waals surface area (Å²) >= 11 is 0. The third-order valence-electron chi connectivity index (χ3n) is 5.74. The number of hydrogen-bond acceptors (Lipinski definition) is 6. The number of rotatable bonds is 4. The van der Waals surface area contributed by atoms with E-state index in [1.165, 1.54) is 0 Å². The number of ether oxygens (including phenoxy) is 1. The molecule has 9 nitrogen and oxygen atoms in total. The van der Waals surface area contributed by atoms with E-state index in [0.29, 0.717) is 24.2 Å². The minimum absolute atomic E-state index is 0.203. The van der Waals surface area contributed by atoms with Crippen molar-refractivity contribution in [1.82, 2.24) is 29.1 Å². The first-order valence-corrected chi connectivity index (χ1v) is 9.94. The number of aliphatic hydroxyl groups excluding tert-OH is 1. The summed E-state index contributed by atoms with van der Waals surface area (Å²) in [6.07, 6.45) is 4.38. The summed E-state index contributed by atoms with van der Waals surface area (Å²) in [6.45, 7) is 6.27. The first-order valence-electron chi connectivity index (χ1n) is 9.94. The number of fused-ring (bicyclic) bond motifs is 1. The second-order valence-electron chi connectivity index (χ2n) is 7.47. The van der Waals surface area contributed by atoms with E-state index in [0.717, 1.165) is 51.3 Å². The van der Waals surface area contributed by atoms with Crippen LogP contribution in [0.15, 0.2) is 18.5 Å². The van der Waals surface area contributed by atoms with Crippen LogP contribution in [0.2, 0.25) is 0 Å². The van der Waals surface area contributed by atoms with Gasteiger partial charge in [0.25, 0.3) is 0 Å². The average molecular weight is 388 g/mol. The van der Waals surface area contributed by atoms with Gasteiger partial charge < -0.3 is 19.3 Å². The molecule has 4 heterocycles. The zero-order valence-electron chi connectivity index (χ0n) is 16.5. The number of aryl methyl sites for hydroxylation is 1. The van der Waals surface area contributed by atoms with E-state index in [1.54, 1.807) is 11.1 Å². The molecule has 0 bridgehead atoms. The molecule has 2 aliphatic rings. The lowest BCUT2D eigenvalue weighted by atomic mass is 10.0. The second-order valence-corrected chi connectivity index (χ2v) is 7.47. The molecule has 1 amide bonds. The van der Waals surface area contributed by atoms with Crippen molar-refractivity contribution in [3.05, 3.63) is 35.7 Å². The Balaban J connectivity index is 1.39. The molecule has 1 unspecified atom stereocenters. The van der Waals surface area contributed by atoms with Crippen LogP contribution in [0.3, 0.4) is 0 Å². The highest BCUT2D eigenvalue weighted by molar-refractivity contribution is 5.67. The Hall–Kier alpha value is -2.39. The Morgan fingerprint density at radius 1 is 1.32 bits per heavy atom. The van der Waals surface area contributed by atoms with Crippen molar-refractivity contribution in [2.24, 2.45) is 7.05 Å². The summed E-state index contributed by atoms with van der Waals surface area (Å²) in [7, 11) is 1.87. The van der Waals surface area contributed by atoms with Gasteiger partial charge in [0.1, 0.15) is 5.82 Å². The van der Waals surface area contributed by atoms with Crippen LogP contribution >= 0.6 is 0 Å². The van der Waals surface area contributed by atoms with E-state index < -0.39 is 6.10 Å². The molecule has 0 saturated carbocycles. The van der Waals surface area contributed by atoms with Crippen LogP contribution in [0.5, 0.6) is 0 Å². The van der Waals surface area contributed by atoms with E-state index in [4.69, 9.17) is 4.74 Å². The van der Waals surface area contributed by atoms with Gasteiger partial charge in [0.2, 0.25) is 0 Å². The number of aromatic nitrogens is 4. The summed E-state index contributed by atoms with van der Waals surface area (Å²) < 4.78 is 8.91. The first kappa shape index (κ1) is 18.9. The van der Waals surface area contributed by atoms with Crippen molar-refractivity contribution in [3.8, 4) is 0 Å². The Morgan fingerprint density at radius 2 is 2.11 bits per heavy atom. The fourth-order valence-electron chi connectivity index (χ4n) is 4.16. The van der Waals surface area contributed by atoms with E-state index >= 15 is 0 Å². The number of aliphatic hydroxyl groups is 1. The number of amides is 1. The molecule has 0 aromatic carbocycles. The quantitative estimate of drug-likeness (QED) is 0.845. The maximum absolute atomic E-state index is 11.9. The van der Waals surface area contributed by atoms with Crippen LogP contribution in [0, 0.1) is 0 Å². The maximum Gasteiger partial charge on any atom is 0.409 e. The molecule has 0 aliphatic carbocycles. The van der Waals surface area contributed by atoms with Crippen molar-refractivity contribution in [1.29, 1.82) is 0 Å². The molecule has 2 aliphatic heterocycles. The molecule has 152 valence electrons. The van der Waals surface area contributed by atoms with Crippen LogP contribution in [-0.4, -0.2) is 72.6 Å². The average Bonchev–Trinajstić information content (AvgIpc) is 3.33. The normalized spacial score (nSPS) is 19.5. The highest BCUT2D eigenvalue weighted by Crippen LogP contribution is 2.25. The number of carbonyl (C=O) groups excluding carboxylic acids is 1. The van der Waals surface area contributed by atoms with Crippen LogP contribution in [0.4, 0.5) is 4.79 Å². The van der Waals surface area contributed by atoms with Crippen molar-refractivity contribution in [3.63, 3.8) is 0 Å². The summed E-state index contributed by atoms with van der Waals surface area (Å²) in [5.74, 6) is 0.596. The van der Waals surface area contributed by atoms with Gasteiger partial charge >= 0.3 is 6.09 Å². The molecule has 1 saturated heterocycles. The zero-order valence-corrected chi connectivity index (χ0v) is 16.5. The molecule has 1 N–H and O–H groups in total. The summed E-state index contributed by atoms with van der Waals surface area (Å²) in [5, 5.41) is 15.2. The summed E-state index contributed by atoms with van der Waals surface area (Å²) in [6, 6.07) is 2.44. The molecule has 1 atom stereocenters. The lowest BCUT2D eigenvalue weighted by Crippen LogP contribution is -2.48. The predicted octanol–water partition coefficient (Wildman–Crippen LogP) is 1.13. The minimum atomic E-state index is -0.820. The van der Waals surface area contributed by atoms with Gasteiger partial charge in [-0.05, 0) is 25.8 Å². The molecule has 2 aromatic rings. The molecule has 9 heteroatoms. The molecule has 0 spiro atoms. The minimum Gasteiger partial charge on any atom is -0.450 e. The number of nitrogens with zero attached hydrogens (tertiary/aromatic N) is 6. The molecule has 2 aromatic heterocycles. The van der Waals surface area contributed by atoms with E-state index in [2.05, 4.69) is 15.0 Å². The van der Waals surface area contributed by atoms with Crippen molar-refractivity contribution < 1.29 is 14.6 Å². The highest BCUT2D eigenvalue weighted by Gasteiger charge is 2.31. The van der Waals surface area contributed by atoms with Crippen LogP contribution in [0.1, 0.15) is 43.1 Å². The van der Waals surface area contributed by atoms with Crippen LogP contribution in [0.25, 0.3) is 0 Å². The van der Waals surface area contributed by atoms with Gasteiger partial charge in [0.15, 0.2) is 6.10 Å². The number of imidazole rings is 1. The van der Waals surface area contributed by atoms with Gasteiger partial charge in [-0.1, -0.05) is 0 Å². The van der Waals surface area contributed by atoms with Gasteiger partial charge in [-0.25, -0.2) is 9.78 Å². The molecule has 0 radical (unpaired) electrons. The lowest BCUT2D eigenvalue weighted by Gasteiger charge is -2.39. The largest absolute Gasteiger partial charge is 0.450 e. The third kappa shape index (κ3) is 3.64. The van der Waals surface area contributed by atoms with Gasteiger partial charge in [-0.15, -0.1) is 0 Å². The number of carbonyl (C=O) groups is 1. The van der Waals surface area contributed by atoms with Gasteiger partial charge in [0.05, 0.1) is 24.5 Å². The Kier molecular flexibility index (Phi) is 5.36. The Morgan fingerprint density at radius 3 is 2.79 bits per heavy atom.